The molecule has 0 saturated carbocycles. The smallest absolute Gasteiger partial charge is 0.329 e. The third-order valence-corrected chi connectivity index (χ3v) is 2.78. The van der Waals surface area contributed by atoms with Gasteiger partial charge in [-0.15, -0.1) is 0 Å². The fourth-order valence-electron chi connectivity index (χ4n) is 1.88. The molecule has 0 bridgehead atoms. The maximum atomic E-state index is 11.0. The van der Waals surface area contributed by atoms with Gasteiger partial charge in [0.05, 0.1) is 0 Å². The second-order valence-electron chi connectivity index (χ2n) is 4.05. The summed E-state index contributed by atoms with van der Waals surface area (Å²) in [5.74, 6) is -0.798. The predicted octanol–water partition coefficient (Wildman–Crippen LogP) is 1.81. The Balaban J connectivity index is 2.44. The molecule has 1 heterocycles. The highest BCUT2D eigenvalue weighted by Crippen LogP contribution is 2.34. The molecule has 2 rings (SSSR count). The van der Waals surface area contributed by atoms with Crippen LogP contribution in [-0.2, 0) is 11.2 Å². The normalized spacial score (nSPS) is 24.1. The van der Waals surface area contributed by atoms with E-state index >= 15 is 0 Å². The predicted molar refractivity (Wildman–Crippen MR) is 54.5 cm³/mol. The lowest BCUT2D eigenvalue weighted by Crippen LogP contribution is -2.41. The molecule has 1 atom stereocenters. The Bertz CT molecular complexity index is 400. The number of fused-ring (bicyclic) bond motifs is 1. The summed E-state index contributed by atoms with van der Waals surface area (Å²) < 4.78 is 0. The first-order chi connectivity index (χ1) is 6.53. The molecule has 1 aliphatic rings. The minimum absolute atomic E-state index is 0.555. The van der Waals surface area contributed by atoms with E-state index in [2.05, 4.69) is 5.32 Å². The Morgan fingerprint density at radius 1 is 1.57 bits per heavy atom. The van der Waals surface area contributed by atoms with Crippen LogP contribution >= 0.6 is 0 Å². The molecule has 14 heavy (non-hydrogen) atoms. The van der Waals surface area contributed by atoms with E-state index in [4.69, 9.17) is 5.11 Å². The summed E-state index contributed by atoms with van der Waals surface area (Å²) in [4.78, 5) is 11.0. The third-order valence-electron chi connectivity index (χ3n) is 2.78. The summed E-state index contributed by atoms with van der Waals surface area (Å²) in [5, 5.41) is 12.2. The Kier molecular flexibility index (Phi) is 1.77. The molecule has 1 aromatic rings. The zero-order valence-electron chi connectivity index (χ0n) is 8.29. The van der Waals surface area contributed by atoms with Gasteiger partial charge in [0, 0.05) is 12.1 Å². The van der Waals surface area contributed by atoms with Gasteiger partial charge in [-0.1, -0.05) is 18.2 Å². The molecule has 0 spiro atoms. The van der Waals surface area contributed by atoms with Crippen molar-refractivity contribution in [2.45, 2.75) is 25.8 Å². The molecule has 3 nitrogen and oxygen atoms in total. The average molecular weight is 191 g/mol. The van der Waals surface area contributed by atoms with Gasteiger partial charge in [-0.2, -0.15) is 0 Å². The molecule has 1 aromatic carbocycles. The quantitative estimate of drug-likeness (QED) is 0.711. The lowest BCUT2D eigenvalue weighted by molar-refractivity contribution is -0.141. The minimum atomic E-state index is -0.839. The minimum Gasteiger partial charge on any atom is -0.480 e. The molecule has 74 valence electrons. The maximum Gasteiger partial charge on any atom is 0.329 e. The third kappa shape index (κ3) is 1.16. The highest BCUT2D eigenvalue weighted by Gasteiger charge is 2.39. The Morgan fingerprint density at radius 3 is 2.86 bits per heavy atom. The molecule has 0 radical (unpaired) electrons. The van der Waals surface area contributed by atoms with E-state index in [0.717, 1.165) is 16.8 Å². The molecule has 1 unspecified atom stereocenters. The summed E-state index contributed by atoms with van der Waals surface area (Å²) in [7, 11) is 0. The van der Waals surface area contributed by atoms with E-state index in [9.17, 15) is 4.79 Å². The van der Waals surface area contributed by atoms with Gasteiger partial charge in [0.1, 0.15) is 5.54 Å². The van der Waals surface area contributed by atoms with Gasteiger partial charge >= 0.3 is 5.97 Å². The number of carbonyl (C=O) groups is 1. The number of nitrogens with one attached hydrogen (secondary N) is 1. The highest BCUT2D eigenvalue weighted by molar-refractivity contribution is 5.86. The lowest BCUT2D eigenvalue weighted by atomic mass is 9.98. The van der Waals surface area contributed by atoms with E-state index < -0.39 is 11.5 Å². The largest absolute Gasteiger partial charge is 0.480 e. The molecule has 1 aliphatic heterocycles. The summed E-state index contributed by atoms with van der Waals surface area (Å²) >= 11 is 0. The number of carboxylic acids is 1. The van der Waals surface area contributed by atoms with Gasteiger partial charge in [-0.3, -0.25) is 0 Å². The molecule has 0 fully saturated rings. The van der Waals surface area contributed by atoms with Gasteiger partial charge < -0.3 is 10.4 Å². The SMILES string of the molecule is Cc1cccc2c1NC(C)(C(=O)O)C2. The number of carboxylic acid groups (broad SMARTS) is 1. The summed E-state index contributed by atoms with van der Waals surface area (Å²) in [6.07, 6.45) is 0.555. The zero-order valence-corrected chi connectivity index (χ0v) is 8.29. The van der Waals surface area contributed by atoms with Crippen LogP contribution < -0.4 is 5.32 Å². The lowest BCUT2D eigenvalue weighted by Gasteiger charge is -2.19. The molecule has 0 aliphatic carbocycles. The van der Waals surface area contributed by atoms with Crippen molar-refractivity contribution in [1.29, 1.82) is 0 Å². The van der Waals surface area contributed by atoms with E-state index in [1.165, 1.54) is 0 Å². The molecule has 0 aromatic heterocycles. The summed E-state index contributed by atoms with van der Waals surface area (Å²) in [6.45, 7) is 3.70. The molecule has 3 heteroatoms. The van der Waals surface area contributed by atoms with Crippen LogP contribution in [0.15, 0.2) is 18.2 Å². The van der Waals surface area contributed by atoms with Crippen molar-refractivity contribution in [3.05, 3.63) is 29.3 Å². The molecular formula is C11H13NO2. The standard InChI is InChI=1S/C11H13NO2/c1-7-4-3-5-8-6-11(2,10(13)14)12-9(7)8/h3-5,12H,6H2,1-2H3,(H,13,14). The number of rotatable bonds is 1. The van der Waals surface area contributed by atoms with Crippen molar-refractivity contribution >= 4 is 11.7 Å². The maximum absolute atomic E-state index is 11.0. The Hall–Kier alpha value is -1.51. The Morgan fingerprint density at radius 2 is 2.29 bits per heavy atom. The Labute approximate surface area is 82.8 Å². The monoisotopic (exact) mass is 191 g/mol. The first-order valence-corrected chi connectivity index (χ1v) is 4.63. The van der Waals surface area contributed by atoms with Crippen molar-refractivity contribution in [3.8, 4) is 0 Å². The number of aliphatic carboxylic acids is 1. The van der Waals surface area contributed by atoms with Gasteiger partial charge in [0.2, 0.25) is 0 Å². The van der Waals surface area contributed by atoms with Crippen molar-refractivity contribution in [2.24, 2.45) is 0 Å². The summed E-state index contributed by atoms with van der Waals surface area (Å²) in [6, 6.07) is 5.92. The number of hydrogen-bond donors (Lipinski definition) is 2. The average Bonchev–Trinajstić information content (AvgIpc) is 2.45. The van der Waals surface area contributed by atoms with Crippen molar-refractivity contribution in [3.63, 3.8) is 0 Å². The van der Waals surface area contributed by atoms with E-state index in [0.29, 0.717) is 6.42 Å². The van der Waals surface area contributed by atoms with Gasteiger partial charge in [0.15, 0.2) is 0 Å². The second-order valence-corrected chi connectivity index (χ2v) is 4.05. The van der Waals surface area contributed by atoms with Crippen LogP contribution in [0.1, 0.15) is 18.1 Å². The molecular weight excluding hydrogens is 178 g/mol. The number of para-hydroxylation sites is 1. The van der Waals surface area contributed by atoms with Crippen molar-refractivity contribution < 1.29 is 9.90 Å². The first-order valence-electron chi connectivity index (χ1n) is 4.63. The van der Waals surface area contributed by atoms with Crippen LogP contribution in [0.3, 0.4) is 0 Å². The van der Waals surface area contributed by atoms with E-state index in [-0.39, 0.29) is 0 Å². The molecule has 0 saturated heterocycles. The number of aryl methyl sites for hydroxylation is 1. The van der Waals surface area contributed by atoms with Crippen LogP contribution in [0, 0.1) is 6.92 Å². The van der Waals surface area contributed by atoms with Crippen LogP contribution in [0.25, 0.3) is 0 Å². The number of benzene rings is 1. The van der Waals surface area contributed by atoms with Crippen LogP contribution in [0.4, 0.5) is 5.69 Å². The fraction of sp³-hybridized carbons (Fsp3) is 0.364. The van der Waals surface area contributed by atoms with E-state index in [1.807, 2.05) is 25.1 Å². The molecule has 2 N–H and O–H groups in total. The first kappa shape index (κ1) is 9.06. The number of hydrogen-bond acceptors (Lipinski definition) is 2. The fourth-order valence-corrected chi connectivity index (χ4v) is 1.88. The number of anilines is 1. The summed E-state index contributed by atoms with van der Waals surface area (Å²) in [5.41, 5.74) is 2.34. The van der Waals surface area contributed by atoms with Crippen LogP contribution in [-0.4, -0.2) is 16.6 Å². The van der Waals surface area contributed by atoms with Gasteiger partial charge in [-0.05, 0) is 25.0 Å². The van der Waals surface area contributed by atoms with Gasteiger partial charge in [0.25, 0.3) is 0 Å². The van der Waals surface area contributed by atoms with Crippen molar-refractivity contribution in [2.75, 3.05) is 5.32 Å². The van der Waals surface area contributed by atoms with Crippen LogP contribution in [0.5, 0.6) is 0 Å². The topological polar surface area (TPSA) is 49.3 Å². The van der Waals surface area contributed by atoms with Crippen LogP contribution in [0.2, 0.25) is 0 Å². The van der Waals surface area contributed by atoms with Crippen molar-refractivity contribution in [1.82, 2.24) is 0 Å². The van der Waals surface area contributed by atoms with E-state index in [1.54, 1.807) is 6.92 Å². The van der Waals surface area contributed by atoms with Gasteiger partial charge in [-0.25, -0.2) is 4.79 Å². The molecule has 0 amide bonds. The second kappa shape index (κ2) is 2.74. The zero-order chi connectivity index (χ0) is 10.3. The highest BCUT2D eigenvalue weighted by atomic mass is 16.4.